The smallest absolute Gasteiger partial charge is 0.242 e. The molecule has 0 radical (unpaired) electrons. The van der Waals surface area contributed by atoms with E-state index in [0.717, 1.165) is 10.0 Å². The second-order valence-electron chi connectivity index (χ2n) is 3.94. The highest BCUT2D eigenvalue weighted by Gasteiger charge is 2.14. The van der Waals surface area contributed by atoms with Crippen LogP contribution in [-0.4, -0.2) is 37.2 Å². The lowest BCUT2D eigenvalue weighted by molar-refractivity contribution is -0.121. The molecule has 0 bridgehead atoms. The number of rotatable bonds is 6. The molecule has 5 nitrogen and oxygen atoms in total. The maximum atomic E-state index is 11.7. The lowest BCUT2D eigenvalue weighted by atomic mass is 10.2. The van der Waals surface area contributed by atoms with Gasteiger partial charge in [0.1, 0.15) is 11.9 Å². The highest BCUT2D eigenvalue weighted by Crippen LogP contribution is 2.23. The molecule has 6 heteroatoms. The van der Waals surface area contributed by atoms with Crippen LogP contribution in [0.3, 0.4) is 0 Å². The van der Waals surface area contributed by atoms with Crippen LogP contribution in [0.15, 0.2) is 16.7 Å². The highest BCUT2D eigenvalue weighted by atomic mass is 79.9. The molecule has 1 amide bonds. The third-order valence-corrected chi connectivity index (χ3v) is 3.44. The molecule has 0 aromatic carbocycles. The Morgan fingerprint density at radius 2 is 2.33 bits per heavy atom. The van der Waals surface area contributed by atoms with Crippen molar-refractivity contribution in [1.29, 1.82) is 0 Å². The van der Waals surface area contributed by atoms with Gasteiger partial charge in [0.15, 0.2) is 0 Å². The second-order valence-corrected chi connectivity index (χ2v) is 4.73. The third-order valence-electron chi connectivity index (χ3n) is 2.43. The normalized spacial score (nSPS) is 12.0. The number of carbonyl (C=O) groups excluding carboxylic acids is 1. The average Bonchev–Trinajstić information content (AvgIpc) is 2.35. The number of methoxy groups -OCH3 is 1. The number of aryl methyl sites for hydroxylation is 1. The molecule has 0 aliphatic carbocycles. The van der Waals surface area contributed by atoms with Crippen LogP contribution in [0.5, 0.6) is 0 Å². The van der Waals surface area contributed by atoms with Gasteiger partial charge in [-0.05, 0) is 41.4 Å². The Morgan fingerprint density at radius 3 is 3.00 bits per heavy atom. The fraction of sp³-hybridized carbons (Fsp3) is 0.500. The quantitative estimate of drug-likeness (QED) is 0.785. The topological polar surface area (TPSA) is 63.2 Å². The largest absolute Gasteiger partial charge is 0.383 e. The van der Waals surface area contributed by atoms with Gasteiger partial charge in [-0.1, -0.05) is 0 Å². The van der Waals surface area contributed by atoms with Crippen molar-refractivity contribution in [2.75, 3.05) is 25.6 Å². The predicted octanol–water partition coefficient (Wildman–Crippen LogP) is 1.72. The van der Waals surface area contributed by atoms with Gasteiger partial charge in [-0.15, -0.1) is 0 Å². The molecule has 18 heavy (non-hydrogen) atoms. The zero-order valence-electron chi connectivity index (χ0n) is 10.8. The molecule has 2 N–H and O–H groups in total. The molecule has 100 valence electrons. The Balaban J connectivity index is 2.56. The molecule has 0 fully saturated rings. The monoisotopic (exact) mass is 315 g/mol. The molecule has 1 unspecified atom stereocenters. The summed E-state index contributed by atoms with van der Waals surface area (Å²) in [6, 6.07) is 1.55. The van der Waals surface area contributed by atoms with E-state index in [9.17, 15) is 4.79 Å². The SMILES string of the molecule is COCCNC(=O)C(C)Nc1nccc(C)c1Br. The van der Waals surface area contributed by atoms with E-state index in [0.29, 0.717) is 19.0 Å². The van der Waals surface area contributed by atoms with E-state index in [-0.39, 0.29) is 11.9 Å². The van der Waals surface area contributed by atoms with Crippen molar-refractivity contribution in [2.24, 2.45) is 0 Å². The molecular weight excluding hydrogens is 298 g/mol. The lowest BCUT2D eigenvalue weighted by Gasteiger charge is -2.16. The van der Waals surface area contributed by atoms with Crippen molar-refractivity contribution in [3.8, 4) is 0 Å². The summed E-state index contributed by atoms with van der Waals surface area (Å²) < 4.78 is 5.75. The third kappa shape index (κ3) is 4.27. The number of pyridine rings is 1. The Hall–Kier alpha value is -1.14. The molecule has 0 aliphatic heterocycles. The molecule has 1 atom stereocenters. The van der Waals surface area contributed by atoms with Crippen LogP contribution in [0.4, 0.5) is 5.82 Å². The van der Waals surface area contributed by atoms with Crippen molar-refractivity contribution in [3.05, 3.63) is 22.3 Å². The number of anilines is 1. The van der Waals surface area contributed by atoms with Crippen LogP contribution in [-0.2, 0) is 9.53 Å². The van der Waals surface area contributed by atoms with Crippen molar-refractivity contribution >= 4 is 27.7 Å². The number of nitrogens with zero attached hydrogens (tertiary/aromatic N) is 1. The number of carbonyl (C=O) groups is 1. The predicted molar refractivity (Wildman–Crippen MR) is 74.6 cm³/mol. The minimum absolute atomic E-state index is 0.0812. The van der Waals surface area contributed by atoms with E-state index < -0.39 is 0 Å². The first-order valence-electron chi connectivity index (χ1n) is 5.70. The second kappa shape index (κ2) is 7.33. The van der Waals surface area contributed by atoms with E-state index in [1.807, 2.05) is 13.0 Å². The van der Waals surface area contributed by atoms with Crippen LogP contribution in [0.1, 0.15) is 12.5 Å². The molecule has 0 saturated heterocycles. The maximum Gasteiger partial charge on any atom is 0.242 e. The zero-order chi connectivity index (χ0) is 13.5. The van der Waals surface area contributed by atoms with Crippen LogP contribution >= 0.6 is 15.9 Å². The molecule has 1 aromatic rings. The summed E-state index contributed by atoms with van der Waals surface area (Å²) in [5, 5.41) is 5.83. The summed E-state index contributed by atoms with van der Waals surface area (Å²) in [5.74, 6) is 0.589. The van der Waals surface area contributed by atoms with E-state index in [1.165, 1.54) is 0 Å². The van der Waals surface area contributed by atoms with E-state index in [2.05, 4.69) is 31.5 Å². The Morgan fingerprint density at radius 1 is 1.61 bits per heavy atom. The molecule has 1 aromatic heterocycles. The average molecular weight is 316 g/mol. The number of nitrogens with one attached hydrogen (secondary N) is 2. The summed E-state index contributed by atoms with van der Waals surface area (Å²) in [6.45, 7) is 4.77. The standard InChI is InChI=1S/C12H18BrN3O2/c1-8-4-5-14-11(10(8)13)16-9(2)12(17)15-6-7-18-3/h4-5,9H,6-7H2,1-3H3,(H,14,16)(H,15,17). The number of ether oxygens (including phenoxy) is 1. The van der Waals surface area contributed by atoms with Crippen LogP contribution < -0.4 is 10.6 Å². The van der Waals surface area contributed by atoms with Gasteiger partial charge in [0, 0.05) is 19.9 Å². The van der Waals surface area contributed by atoms with Gasteiger partial charge in [0.2, 0.25) is 5.91 Å². The van der Waals surface area contributed by atoms with Crippen molar-refractivity contribution < 1.29 is 9.53 Å². The van der Waals surface area contributed by atoms with Gasteiger partial charge < -0.3 is 15.4 Å². The number of amides is 1. The summed E-state index contributed by atoms with van der Waals surface area (Å²) in [4.78, 5) is 15.9. The number of halogens is 1. The fourth-order valence-electron chi connectivity index (χ4n) is 1.34. The molecule has 1 heterocycles. The summed E-state index contributed by atoms with van der Waals surface area (Å²) >= 11 is 3.44. The molecule has 0 spiro atoms. The first kappa shape index (κ1) is 14.9. The Kier molecular flexibility index (Phi) is 6.07. The van der Waals surface area contributed by atoms with Gasteiger partial charge >= 0.3 is 0 Å². The Labute approximate surface area is 115 Å². The van der Waals surface area contributed by atoms with Crippen LogP contribution in [0, 0.1) is 6.92 Å². The molecule has 0 aliphatic rings. The van der Waals surface area contributed by atoms with Crippen LogP contribution in [0.25, 0.3) is 0 Å². The first-order chi connectivity index (χ1) is 8.56. The summed E-state index contributed by atoms with van der Waals surface area (Å²) in [6.07, 6.45) is 1.71. The molecular formula is C12H18BrN3O2. The Bertz CT molecular complexity index is 412. The van der Waals surface area contributed by atoms with Gasteiger partial charge in [-0.3, -0.25) is 4.79 Å². The van der Waals surface area contributed by atoms with E-state index in [4.69, 9.17) is 4.74 Å². The van der Waals surface area contributed by atoms with Gasteiger partial charge in [0.25, 0.3) is 0 Å². The fourth-order valence-corrected chi connectivity index (χ4v) is 1.69. The van der Waals surface area contributed by atoms with Crippen molar-refractivity contribution in [1.82, 2.24) is 10.3 Å². The zero-order valence-corrected chi connectivity index (χ0v) is 12.4. The minimum Gasteiger partial charge on any atom is -0.383 e. The minimum atomic E-state index is -0.354. The van der Waals surface area contributed by atoms with Gasteiger partial charge in [-0.25, -0.2) is 4.98 Å². The summed E-state index contributed by atoms with van der Waals surface area (Å²) in [7, 11) is 1.60. The number of hydrogen-bond acceptors (Lipinski definition) is 4. The number of hydrogen-bond donors (Lipinski definition) is 2. The van der Waals surface area contributed by atoms with E-state index >= 15 is 0 Å². The maximum absolute atomic E-state index is 11.7. The summed E-state index contributed by atoms with van der Waals surface area (Å²) in [5.41, 5.74) is 1.07. The van der Waals surface area contributed by atoms with Gasteiger partial charge in [-0.2, -0.15) is 0 Å². The number of aromatic nitrogens is 1. The highest BCUT2D eigenvalue weighted by molar-refractivity contribution is 9.10. The van der Waals surface area contributed by atoms with Crippen LogP contribution in [0.2, 0.25) is 0 Å². The van der Waals surface area contributed by atoms with Crippen molar-refractivity contribution in [2.45, 2.75) is 19.9 Å². The molecule has 1 rings (SSSR count). The van der Waals surface area contributed by atoms with Crippen molar-refractivity contribution in [3.63, 3.8) is 0 Å². The van der Waals surface area contributed by atoms with E-state index in [1.54, 1.807) is 20.2 Å². The van der Waals surface area contributed by atoms with Gasteiger partial charge in [0.05, 0.1) is 11.1 Å². The molecule has 0 saturated carbocycles. The first-order valence-corrected chi connectivity index (χ1v) is 6.50. The lowest BCUT2D eigenvalue weighted by Crippen LogP contribution is -2.39.